The molecule has 0 aliphatic heterocycles. The van der Waals surface area contributed by atoms with E-state index in [-0.39, 0.29) is 0 Å². The summed E-state index contributed by atoms with van der Waals surface area (Å²) in [6.07, 6.45) is 0. The molecule has 0 saturated heterocycles. The van der Waals surface area contributed by atoms with Crippen molar-refractivity contribution >= 4 is 94.2 Å². The highest BCUT2D eigenvalue weighted by Crippen LogP contribution is 2.41. The van der Waals surface area contributed by atoms with E-state index in [1.165, 1.54) is 91.8 Å². The van der Waals surface area contributed by atoms with E-state index in [9.17, 15) is 0 Å². The predicted octanol–water partition coefficient (Wildman–Crippen LogP) is 14.0. The van der Waals surface area contributed by atoms with Gasteiger partial charge in [-0.1, -0.05) is 218 Å². The van der Waals surface area contributed by atoms with Gasteiger partial charge in [-0.3, -0.25) is 0 Å². The monoisotopic (exact) mass is 907 g/mol. The summed E-state index contributed by atoms with van der Waals surface area (Å²) in [5, 5.41) is 12.9. The quantitative estimate of drug-likeness (QED) is 0.107. The minimum Gasteiger partial charge on any atom is -0.309 e. The van der Waals surface area contributed by atoms with Crippen LogP contribution in [-0.2, 0) is 0 Å². The molecule has 14 aromatic rings. The van der Waals surface area contributed by atoms with Crippen molar-refractivity contribution in [1.82, 2.24) is 13.7 Å². The van der Waals surface area contributed by atoms with Crippen molar-refractivity contribution in [2.45, 2.75) is 0 Å². The Hall–Kier alpha value is -8.96. The highest BCUT2D eigenvalue weighted by Gasteiger charge is 2.41. The molecule has 0 aliphatic carbocycles. The number of benzene rings is 11. The first-order chi connectivity index (χ1) is 34.8. The maximum Gasteiger partial charge on any atom is 0.179 e. The molecule has 3 aromatic heterocycles. The number of fused-ring (bicyclic) bond motifs is 9. The summed E-state index contributed by atoms with van der Waals surface area (Å²) in [5.74, 6) is 0. The molecule has 0 spiro atoms. The molecule has 0 atom stereocenters. The largest absolute Gasteiger partial charge is 0.309 e. The van der Waals surface area contributed by atoms with Gasteiger partial charge in [0.1, 0.15) is 0 Å². The van der Waals surface area contributed by atoms with E-state index in [4.69, 9.17) is 0 Å². The Kier molecular flexibility index (Phi) is 9.23. The van der Waals surface area contributed by atoms with Crippen LogP contribution in [0.3, 0.4) is 0 Å². The van der Waals surface area contributed by atoms with Gasteiger partial charge in [0.2, 0.25) is 0 Å². The van der Waals surface area contributed by atoms with E-state index in [0.29, 0.717) is 0 Å². The molecule has 0 saturated carbocycles. The Morgan fingerprint density at radius 1 is 0.229 bits per heavy atom. The van der Waals surface area contributed by atoms with Gasteiger partial charge >= 0.3 is 0 Å². The molecular weight excluding hydrogens is 863 g/mol. The van der Waals surface area contributed by atoms with Gasteiger partial charge in [0, 0.05) is 43.7 Å². The third kappa shape index (κ3) is 6.00. The molecule has 14 rings (SSSR count). The lowest BCUT2D eigenvalue weighted by Crippen LogP contribution is -2.74. The van der Waals surface area contributed by atoms with E-state index < -0.39 is 8.07 Å². The minimum absolute atomic E-state index is 1.11. The molecule has 0 fully saturated rings. The number of nitrogens with zero attached hydrogens (tertiary/aromatic N) is 3. The predicted molar refractivity (Wildman–Crippen MR) is 299 cm³/mol. The van der Waals surface area contributed by atoms with Crippen LogP contribution in [0.25, 0.3) is 93.6 Å². The highest BCUT2D eigenvalue weighted by atomic mass is 28.3. The van der Waals surface area contributed by atoms with Crippen LogP contribution in [0.5, 0.6) is 0 Å². The summed E-state index contributed by atoms with van der Waals surface area (Å²) in [7, 11) is -2.78. The number of rotatable bonds is 8. The summed E-state index contributed by atoms with van der Waals surface area (Å²) in [5.41, 5.74) is 12.8. The van der Waals surface area contributed by atoms with E-state index >= 15 is 0 Å². The Morgan fingerprint density at radius 2 is 0.671 bits per heavy atom. The summed E-state index contributed by atoms with van der Waals surface area (Å²) in [4.78, 5) is 0. The van der Waals surface area contributed by atoms with Gasteiger partial charge in [0.05, 0.1) is 38.8 Å². The summed E-state index contributed by atoms with van der Waals surface area (Å²) in [6.45, 7) is 0. The fourth-order valence-corrected chi connectivity index (χ4v) is 16.6. The molecule has 3 heterocycles. The van der Waals surface area contributed by atoms with Crippen LogP contribution in [0.4, 0.5) is 0 Å². The van der Waals surface area contributed by atoms with Crippen molar-refractivity contribution in [1.29, 1.82) is 0 Å². The van der Waals surface area contributed by atoms with Gasteiger partial charge in [-0.2, -0.15) is 0 Å². The van der Waals surface area contributed by atoms with Crippen molar-refractivity contribution < 1.29 is 0 Å². The van der Waals surface area contributed by atoms with Crippen LogP contribution >= 0.6 is 0 Å². The standard InChI is InChI=1S/C66H45N3Si/c1-5-20-46(21-6-1)47-36-38-48(39-37-47)68-65-44-49(40-42-57(65)58-31-19-35-64(66(58)68)69-61-33-17-13-28-54(61)55-29-14-18-34-62(55)69)67-60-32-16-15-30-56(60)59-45-53(41-43-63(59)67)70(50-22-7-2-8-23-50,51-24-9-3-10-25-51)52-26-11-4-12-27-52/h1-45H. The third-order valence-corrected chi connectivity index (χ3v) is 19.6. The van der Waals surface area contributed by atoms with Crippen molar-refractivity contribution in [2.24, 2.45) is 0 Å². The molecule has 4 heteroatoms. The van der Waals surface area contributed by atoms with Gasteiger partial charge in [0.15, 0.2) is 8.07 Å². The lowest BCUT2D eigenvalue weighted by molar-refractivity contribution is 1.12. The van der Waals surface area contributed by atoms with Crippen molar-refractivity contribution in [3.63, 3.8) is 0 Å². The summed E-state index contributed by atoms with van der Waals surface area (Å²) < 4.78 is 7.46. The topological polar surface area (TPSA) is 14.8 Å². The van der Waals surface area contributed by atoms with Crippen LogP contribution in [0, 0.1) is 0 Å². The van der Waals surface area contributed by atoms with Gasteiger partial charge in [-0.25, -0.2) is 0 Å². The molecule has 11 aromatic carbocycles. The van der Waals surface area contributed by atoms with Gasteiger partial charge < -0.3 is 13.7 Å². The Balaban J connectivity index is 1.04. The number of hydrogen-bond acceptors (Lipinski definition) is 0. The average molecular weight is 908 g/mol. The molecule has 0 N–H and O–H groups in total. The molecule has 328 valence electrons. The first-order valence-corrected chi connectivity index (χ1v) is 26.2. The van der Waals surface area contributed by atoms with E-state index in [1.54, 1.807) is 0 Å². The zero-order valence-electron chi connectivity index (χ0n) is 38.3. The summed E-state index contributed by atoms with van der Waals surface area (Å²) >= 11 is 0. The number of para-hydroxylation sites is 4. The normalized spacial score (nSPS) is 12.0. The lowest BCUT2D eigenvalue weighted by Gasteiger charge is -2.34. The molecule has 0 bridgehead atoms. The van der Waals surface area contributed by atoms with Crippen LogP contribution < -0.4 is 20.7 Å². The van der Waals surface area contributed by atoms with Crippen molar-refractivity contribution in [3.05, 3.63) is 273 Å². The number of aromatic nitrogens is 3. The number of hydrogen-bond donors (Lipinski definition) is 0. The fraction of sp³-hybridized carbons (Fsp3) is 0. The summed E-state index contributed by atoms with van der Waals surface area (Å²) in [6, 6.07) is 101. The minimum atomic E-state index is -2.78. The van der Waals surface area contributed by atoms with Crippen LogP contribution in [0.2, 0.25) is 0 Å². The third-order valence-electron chi connectivity index (χ3n) is 14.8. The Bertz CT molecular complexity index is 4110. The zero-order valence-corrected chi connectivity index (χ0v) is 39.3. The van der Waals surface area contributed by atoms with Gasteiger partial charge in [-0.15, -0.1) is 0 Å². The van der Waals surface area contributed by atoms with Gasteiger partial charge in [0.25, 0.3) is 0 Å². The maximum atomic E-state index is 2.52. The molecule has 0 radical (unpaired) electrons. The van der Waals surface area contributed by atoms with Crippen molar-refractivity contribution in [2.75, 3.05) is 0 Å². The molecule has 0 amide bonds. The van der Waals surface area contributed by atoms with E-state index in [0.717, 1.165) is 22.6 Å². The second-order valence-corrected chi connectivity index (χ2v) is 22.2. The molecule has 0 aliphatic rings. The van der Waals surface area contributed by atoms with Crippen LogP contribution in [-0.4, -0.2) is 21.8 Å². The SMILES string of the molecule is c1ccc(-c2ccc(-n3c4cc(-n5c6ccccc6c6cc([Si](c7ccccc7)(c7ccccc7)c7ccccc7)ccc65)ccc4c4cccc(-n5c6ccccc6c6ccccc65)c43)cc2)cc1. The highest BCUT2D eigenvalue weighted by molar-refractivity contribution is 7.20. The first-order valence-electron chi connectivity index (χ1n) is 24.2. The van der Waals surface area contributed by atoms with E-state index in [1.807, 2.05) is 0 Å². The lowest BCUT2D eigenvalue weighted by atomic mass is 10.1. The molecule has 3 nitrogen and oxygen atoms in total. The van der Waals surface area contributed by atoms with Crippen LogP contribution in [0.15, 0.2) is 273 Å². The molecular formula is C66H45N3Si. The Morgan fingerprint density at radius 3 is 1.26 bits per heavy atom. The second kappa shape index (κ2) is 16.1. The average Bonchev–Trinajstić information content (AvgIpc) is 4.08. The fourth-order valence-electron chi connectivity index (χ4n) is 11.8. The maximum absolute atomic E-state index is 2.78. The first kappa shape index (κ1) is 40.1. The van der Waals surface area contributed by atoms with Gasteiger partial charge in [-0.05, 0) is 86.5 Å². The van der Waals surface area contributed by atoms with E-state index in [2.05, 4.69) is 287 Å². The van der Waals surface area contributed by atoms with Crippen LogP contribution in [0.1, 0.15) is 0 Å². The van der Waals surface area contributed by atoms with Crippen molar-refractivity contribution in [3.8, 4) is 28.2 Å². The zero-order chi connectivity index (χ0) is 46.2. The smallest absolute Gasteiger partial charge is 0.179 e. The molecule has 70 heavy (non-hydrogen) atoms. The second-order valence-electron chi connectivity index (χ2n) is 18.4. The Labute approximate surface area is 407 Å². The molecule has 0 unspecified atom stereocenters.